The minimum Gasteiger partial charge on any atom is -0.491 e. The molecular weight excluding hydrogens is 279 g/mol. The smallest absolute Gasteiger partial charge is 0.123 e. The molecule has 0 aliphatic heterocycles. The number of alkyl halides is 1. The molecule has 4 heteroatoms. The van der Waals surface area contributed by atoms with Crippen LogP contribution in [0.15, 0.2) is 22.7 Å². The number of hydrogen-bond donors (Lipinski definition) is 0. The van der Waals surface area contributed by atoms with Crippen molar-refractivity contribution in [3.63, 3.8) is 0 Å². The third-order valence-corrected chi connectivity index (χ3v) is 2.64. The Morgan fingerprint density at radius 3 is 2.80 bits per heavy atom. The van der Waals surface area contributed by atoms with Crippen LogP contribution in [0.5, 0.6) is 5.75 Å². The van der Waals surface area contributed by atoms with Gasteiger partial charge in [0.05, 0.1) is 12.5 Å². The van der Waals surface area contributed by atoms with Gasteiger partial charge in [-0.05, 0) is 25.1 Å². The highest BCUT2D eigenvalue weighted by atomic mass is 79.9. The topological polar surface area (TPSA) is 18.5 Å². The molecular formula is C11H14BrClO2. The summed E-state index contributed by atoms with van der Waals surface area (Å²) in [4.78, 5) is 0. The van der Waals surface area contributed by atoms with Crippen LogP contribution < -0.4 is 4.74 Å². The molecule has 1 aromatic carbocycles. The molecule has 2 nitrogen and oxygen atoms in total. The average Bonchev–Trinajstić information content (AvgIpc) is 2.26. The maximum atomic E-state index is 5.81. The largest absolute Gasteiger partial charge is 0.491 e. The molecule has 0 fully saturated rings. The molecule has 0 spiro atoms. The Kier molecular flexibility index (Phi) is 6.06. The van der Waals surface area contributed by atoms with Crippen molar-refractivity contribution in [3.8, 4) is 5.75 Å². The summed E-state index contributed by atoms with van der Waals surface area (Å²) < 4.78 is 11.7. The van der Waals surface area contributed by atoms with E-state index >= 15 is 0 Å². The van der Waals surface area contributed by atoms with Crippen LogP contribution in [0, 0.1) is 0 Å². The first kappa shape index (κ1) is 12.8. The van der Waals surface area contributed by atoms with Gasteiger partial charge in [0.25, 0.3) is 0 Å². The van der Waals surface area contributed by atoms with Gasteiger partial charge >= 0.3 is 0 Å². The zero-order chi connectivity index (χ0) is 11.1. The van der Waals surface area contributed by atoms with Crippen molar-refractivity contribution in [2.24, 2.45) is 0 Å². The molecule has 0 bridgehead atoms. The summed E-state index contributed by atoms with van der Waals surface area (Å²) in [6, 6.07) is 5.81. The monoisotopic (exact) mass is 292 g/mol. The fraction of sp³-hybridized carbons (Fsp3) is 0.455. The Hall–Kier alpha value is -0.250. The van der Waals surface area contributed by atoms with Gasteiger partial charge in [0.15, 0.2) is 0 Å². The fourth-order valence-electron chi connectivity index (χ4n) is 1.15. The van der Waals surface area contributed by atoms with Gasteiger partial charge in [-0.3, -0.25) is 0 Å². The predicted octanol–water partition coefficient (Wildman–Crippen LogP) is 3.60. The van der Waals surface area contributed by atoms with E-state index in [0.717, 1.165) is 15.8 Å². The number of rotatable bonds is 6. The van der Waals surface area contributed by atoms with E-state index in [4.69, 9.17) is 21.1 Å². The van der Waals surface area contributed by atoms with E-state index in [-0.39, 0.29) is 0 Å². The zero-order valence-corrected chi connectivity index (χ0v) is 11.0. The lowest BCUT2D eigenvalue weighted by Crippen LogP contribution is -2.07. The highest BCUT2D eigenvalue weighted by Crippen LogP contribution is 2.24. The van der Waals surface area contributed by atoms with Gasteiger partial charge in [-0.15, -0.1) is 11.6 Å². The van der Waals surface area contributed by atoms with Crippen molar-refractivity contribution >= 4 is 27.5 Å². The maximum Gasteiger partial charge on any atom is 0.123 e. The Balaban J connectivity index is 2.52. The van der Waals surface area contributed by atoms with Crippen LogP contribution >= 0.6 is 27.5 Å². The number of ether oxygens (including phenoxy) is 2. The van der Waals surface area contributed by atoms with Crippen molar-refractivity contribution in [3.05, 3.63) is 28.2 Å². The normalized spacial score (nSPS) is 10.3. The quantitative estimate of drug-likeness (QED) is 0.589. The minimum atomic E-state index is 0.448. The van der Waals surface area contributed by atoms with E-state index in [1.807, 2.05) is 25.1 Å². The van der Waals surface area contributed by atoms with E-state index in [2.05, 4.69) is 15.9 Å². The second-order valence-electron chi connectivity index (χ2n) is 2.93. The molecule has 0 amide bonds. The molecule has 0 radical (unpaired) electrons. The first-order valence-corrected chi connectivity index (χ1v) is 6.15. The van der Waals surface area contributed by atoms with Crippen molar-refractivity contribution in [1.82, 2.24) is 0 Å². The molecule has 0 atom stereocenters. The van der Waals surface area contributed by atoms with Gasteiger partial charge < -0.3 is 9.47 Å². The summed E-state index contributed by atoms with van der Waals surface area (Å²) in [5.41, 5.74) is 0.988. The number of hydrogen-bond acceptors (Lipinski definition) is 2. The molecule has 0 heterocycles. The van der Waals surface area contributed by atoms with E-state index in [1.165, 1.54) is 0 Å². The highest BCUT2D eigenvalue weighted by Gasteiger charge is 2.03. The van der Waals surface area contributed by atoms with Crippen molar-refractivity contribution in [2.45, 2.75) is 12.8 Å². The molecule has 0 aromatic heterocycles. The lowest BCUT2D eigenvalue weighted by molar-refractivity contribution is 0.110. The highest BCUT2D eigenvalue weighted by molar-refractivity contribution is 9.10. The van der Waals surface area contributed by atoms with Gasteiger partial charge in [0.1, 0.15) is 12.4 Å². The van der Waals surface area contributed by atoms with E-state index in [9.17, 15) is 0 Å². The first-order chi connectivity index (χ1) is 7.27. The molecule has 0 aliphatic carbocycles. The molecule has 0 unspecified atom stereocenters. The molecule has 1 rings (SSSR count). The third-order valence-electron chi connectivity index (χ3n) is 1.86. The van der Waals surface area contributed by atoms with Crippen LogP contribution in [0.3, 0.4) is 0 Å². The molecule has 84 valence electrons. The molecule has 15 heavy (non-hydrogen) atoms. The van der Waals surface area contributed by atoms with Crippen LogP contribution in [0.25, 0.3) is 0 Å². The lowest BCUT2D eigenvalue weighted by Gasteiger charge is -2.10. The van der Waals surface area contributed by atoms with Crippen molar-refractivity contribution in [1.29, 1.82) is 0 Å². The van der Waals surface area contributed by atoms with Crippen LogP contribution in [0.4, 0.5) is 0 Å². The summed E-state index contributed by atoms with van der Waals surface area (Å²) in [5.74, 6) is 1.27. The summed E-state index contributed by atoms with van der Waals surface area (Å²) in [6.45, 7) is 3.84. The molecule has 1 aromatic rings. The van der Waals surface area contributed by atoms with Crippen LogP contribution in [-0.4, -0.2) is 19.8 Å². The summed E-state index contributed by atoms with van der Waals surface area (Å²) in [7, 11) is 0. The molecule has 0 saturated heterocycles. The molecule has 0 N–H and O–H groups in total. The second-order valence-corrected chi connectivity index (χ2v) is 4.11. The Labute approximate surface area is 104 Å². The van der Waals surface area contributed by atoms with E-state index < -0.39 is 0 Å². The van der Waals surface area contributed by atoms with Crippen molar-refractivity contribution < 1.29 is 9.47 Å². The minimum absolute atomic E-state index is 0.448. The summed E-state index contributed by atoms with van der Waals surface area (Å²) in [6.07, 6.45) is 0. The molecule has 0 aliphatic rings. The van der Waals surface area contributed by atoms with Gasteiger partial charge in [0, 0.05) is 16.6 Å². The SMILES string of the molecule is CCOCCOc1ccc(Br)cc1CCl. The van der Waals surface area contributed by atoms with Gasteiger partial charge in [-0.25, -0.2) is 0 Å². The fourth-order valence-corrected chi connectivity index (χ4v) is 1.77. The van der Waals surface area contributed by atoms with Gasteiger partial charge in [-0.1, -0.05) is 15.9 Å². The Morgan fingerprint density at radius 1 is 1.33 bits per heavy atom. The zero-order valence-electron chi connectivity index (χ0n) is 8.63. The standard InChI is InChI=1S/C11H14BrClO2/c1-2-14-5-6-15-11-4-3-10(12)7-9(11)8-13/h3-4,7H,2,5-6,8H2,1H3. The Bertz CT molecular complexity index is 305. The predicted molar refractivity (Wildman–Crippen MR) is 65.7 cm³/mol. The average molecular weight is 294 g/mol. The number of halogens is 2. The van der Waals surface area contributed by atoms with Crippen molar-refractivity contribution in [2.75, 3.05) is 19.8 Å². The van der Waals surface area contributed by atoms with E-state index in [0.29, 0.717) is 25.7 Å². The van der Waals surface area contributed by atoms with Crippen LogP contribution in [-0.2, 0) is 10.6 Å². The first-order valence-electron chi connectivity index (χ1n) is 4.83. The third kappa shape index (κ3) is 4.41. The summed E-state index contributed by atoms with van der Waals surface area (Å²) >= 11 is 9.20. The summed E-state index contributed by atoms with van der Waals surface area (Å²) in [5, 5.41) is 0. The molecule has 0 saturated carbocycles. The maximum absolute atomic E-state index is 5.81. The van der Waals surface area contributed by atoms with Gasteiger partial charge in [0.2, 0.25) is 0 Å². The Morgan fingerprint density at radius 2 is 2.13 bits per heavy atom. The lowest BCUT2D eigenvalue weighted by atomic mass is 10.2. The van der Waals surface area contributed by atoms with Crippen LogP contribution in [0.2, 0.25) is 0 Å². The van der Waals surface area contributed by atoms with Crippen LogP contribution in [0.1, 0.15) is 12.5 Å². The van der Waals surface area contributed by atoms with Gasteiger partial charge in [-0.2, -0.15) is 0 Å². The second kappa shape index (κ2) is 7.09. The number of benzene rings is 1. The van der Waals surface area contributed by atoms with E-state index in [1.54, 1.807) is 0 Å².